The summed E-state index contributed by atoms with van der Waals surface area (Å²) in [6, 6.07) is 8.16. The number of aliphatic carboxylic acids is 1. The maximum Gasteiger partial charge on any atom is 0.328 e. The standard InChI is InChI=1S/C20H20F2N2O3/c1-3-23-17-7-5-13(12(2)8-20(26)27)9-18(17)24-19(25)10-14-4-6-15(21)11-16(14)22/h4-9,11,23H,3,10H2,1-2H3,(H,24,25)(H,26,27)/b12-8+. The second-order valence-corrected chi connectivity index (χ2v) is 5.92. The molecule has 0 atom stereocenters. The molecule has 5 nitrogen and oxygen atoms in total. The zero-order valence-electron chi connectivity index (χ0n) is 15.0. The van der Waals surface area contributed by atoms with Crippen molar-refractivity contribution in [1.29, 1.82) is 0 Å². The first-order chi connectivity index (χ1) is 12.8. The van der Waals surface area contributed by atoms with Crippen molar-refractivity contribution in [2.75, 3.05) is 17.2 Å². The lowest BCUT2D eigenvalue weighted by molar-refractivity contribution is -0.131. The van der Waals surface area contributed by atoms with Gasteiger partial charge in [-0.3, -0.25) is 4.79 Å². The van der Waals surface area contributed by atoms with Crippen LogP contribution in [0.25, 0.3) is 5.57 Å². The highest BCUT2D eigenvalue weighted by Crippen LogP contribution is 2.27. The maximum absolute atomic E-state index is 13.7. The third kappa shape index (κ3) is 5.64. The Morgan fingerprint density at radius 2 is 1.85 bits per heavy atom. The van der Waals surface area contributed by atoms with E-state index in [0.29, 0.717) is 29.1 Å². The number of carbonyl (C=O) groups excluding carboxylic acids is 1. The number of nitrogens with one attached hydrogen (secondary N) is 2. The highest BCUT2D eigenvalue weighted by atomic mass is 19.1. The Morgan fingerprint density at radius 3 is 2.48 bits per heavy atom. The van der Waals surface area contributed by atoms with Gasteiger partial charge in [-0.15, -0.1) is 0 Å². The smallest absolute Gasteiger partial charge is 0.328 e. The number of allylic oxidation sites excluding steroid dienone is 1. The highest BCUT2D eigenvalue weighted by molar-refractivity contribution is 5.97. The van der Waals surface area contributed by atoms with Gasteiger partial charge in [-0.1, -0.05) is 12.1 Å². The summed E-state index contributed by atoms with van der Waals surface area (Å²) in [5.74, 6) is -3.04. The molecule has 0 heterocycles. The fourth-order valence-corrected chi connectivity index (χ4v) is 2.54. The minimum Gasteiger partial charge on any atom is -0.478 e. The van der Waals surface area contributed by atoms with Gasteiger partial charge in [0.05, 0.1) is 17.8 Å². The molecule has 0 saturated heterocycles. The van der Waals surface area contributed by atoms with Crippen LogP contribution in [-0.2, 0) is 16.0 Å². The third-order valence-electron chi connectivity index (χ3n) is 3.82. The van der Waals surface area contributed by atoms with Crippen molar-refractivity contribution in [3.8, 4) is 0 Å². The van der Waals surface area contributed by atoms with E-state index < -0.39 is 23.5 Å². The molecule has 0 radical (unpaired) electrons. The predicted molar refractivity (Wildman–Crippen MR) is 101 cm³/mol. The van der Waals surface area contributed by atoms with Gasteiger partial charge in [-0.25, -0.2) is 13.6 Å². The van der Waals surface area contributed by atoms with Crippen LogP contribution in [0.3, 0.4) is 0 Å². The van der Waals surface area contributed by atoms with E-state index in [1.807, 2.05) is 6.92 Å². The Kier molecular flexibility index (Phi) is 6.65. The van der Waals surface area contributed by atoms with Crippen molar-refractivity contribution in [2.24, 2.45) is 0 Å². The molecule has 1 amide bonds. The second-order valence-electron chi connectivity index (χ2n) is 5.92. The highest BCUT2D eigenvalue weighted by Gasteiger charge is 2.12. The zero-order chi connectivity index (χ0) is 20.0. The van der Waals surface area contributed by atoms with E-state index in [1.54, 1.807) is 25.1 Å². The quantitative estimate of drug-likeness (QED) is 0.639. The van der Waals surface area contributed by atoms with Crippen LogP contribution < -0.4 is 10.6 Å². The molecule has 7 heteroatoms. The maximum atomic E-state index is 13.7. The summed E-state index contributed by atoms with van der Waals surface area (Å²) >= 11 is 0. The Balaban J connectivity index is 2.26. The molecule has 0 aliphatic heterocycles. The van der Waals surface area contributed by atoms with E-state index >= 15 is 0 Å². The molecule has 2 aromatic carbocycles. The molecule has 142 valence electrons. The number of carbonyl (C=O) groups is 2. The summed E-state index contributed by atoms with van der Waals surface area (Å²) in [5, 5.41) is 14.7. The molecular weight excluding hydrogens is 354 g/mol. The minimum absolute atomic E-state index is 0.0806. The first-order valence-electron chi connectivity index (χ1n) is 8.33. The van der Waals surface area contributed by atoms with Crippen LogP contribution in [0.1, 0.15) is 25.0 Å². The molecule has 2 rings (SSSR count). The molecule has 0 aliphatic carbocycles. The van der Waals surface area contributed by atoms with Crippen LogP contribution in [0.2, 0.25) is 0 Å². The van der Waals surface area contributed by atoms with Crippen molar-refractivity contribution < 1.29 is 23.5 Å². The molecule has 0 unspecified atom stereocenters. The third-order valence-corrected chi connectivity index (χ3v) is 3.82. The molecule has 27 heavy (non-hydrogen) atoms. The first-order valence-corrected chi connectivity index (χ1v) is 8.33. The van der Waals surface area contributed by atoms with Crippen molar-refractivity contribution in [1.82, 2.24) is 0 Å². The minimum atomic E-state index is -1.07. The van der Waals surface area contributed by atoms with Crippen LogP contribution in [0.15, 0.2) is 42.5 Å². The van der Waals surface area contributed by atoms with Crippen LogP contribution in [0, 0.1) is 11.6 Å². The SMILES string of the molecule is CCNc1ccc(/C(C)=C/C(=O)O)cc1NC(=O)Cc1ccc(F)cc1F. The van der Waals surface area contributed by atoms with Crippen molar-refractivity contribution >= 4 is 28.8 Å². The Morgan fingerprint density at radius 1 is 1.11 bits per heavy atom. The molecule has 2 aromatic rings. The average molecular weight is 374 g/mol. The van der Waals surface area contributed by atoms with Gasteiger partial charge < -0.3 is 15.7 Å². The van der Waals surface area contributed by atoms with Crippen molar-refractivity contribution in [3.05, 3.63) is 65.2 Å². The Hall–Kier alpha value is -3.22. The van der Waals surface area contributed by atoms with E-state index in [4.69, 9.17) is 5.11 Å². The van der Waals surface area contributed by atoms with Crippen molar-refractivity contribution in [3.63, 3.8) is 0 Å². The molecule has 0 fully saturated rings. The summed E-state index contributed by atoms with van der Waals surface area (Å²) in [4.78, 5) is 23.2. The lowest BCUT2D eigenvalue weighted by Gasteiger charge is -2.14. The van der Waals surface area contributed by atoms with Gasteiger partial charge in [0.1, 0.15) is 11.6 Å². The second kappa shape index (κ2) is 8.93. The lowest BCUT2D eigenvalue weighted by atomic mass is 10.0. The fraction of sp³-hybridized carbons (Fsp3) is 0.200. The van der Waals surface area contributed by atoms with E-state index in [1.165, 1.54) is 6.07 Å². The zero-order valence-corrected chi connectivity index (χ0v) is 15.0. The molecule has 0 saturated carbocycles. The van der Waals surface area contributed by atoms with Crippen LogP contribution in [0.4, 0.5) is 20.2 Å². The molecule has 0 aliphatic rings. The summed E-state index contributed by atoms with van der Waals surface area (Å²) in [5.41, 5.74) is 2.32. The molecule has 0 spiro atoms. The molecule has 0 bridgehead atoms. The number of carboxylic acid groups (broad SMARTS) is 1. The predicted octanol–water partition coefficient (Wildman–Crippen LogP) is 4.07. The summed E-state index contributed by atoms with van der Waals surface area (Å²) in [7, 11) is 0. The van der Waals surface area contributed by atoms with Crippen LogP contribution >= 0.6 is 0 Å². The number of halogens is 2. The number of hydrogen-bond acceptors (Lipinski definition) is 3. The summed E-state index contributed by atoms with van der Waals surface area (Å²) in [6.07, 6.45) is 0.813. The average Bonchev–Trinajstić information content (AvgIpc) is 2.58. The van der Waals surface area contributed by atoms with Gasteiger partial charge >= 0.3 is 5.97 Å². The van der Waals surface area contributed by atoms with Gasteiger partial charge in [-0.2, -0.15) is 0 Å². The van der Waals surface area contributed by atoms with Crippen molar-refractivity contribution in [2.45, 2.75) is 20.3 Å². The largest absolute Gasteiger partial charge is 0.478 e. The van der Waals surface area contributed by atoms with Crippen LogP contribution in [0.5, 0.6) is 0 Å². The molecule has 0 aromatic heterocycles. The van der Waals surface area contributed by atoms with Gasteiger partial charge in [0.15, 0.2) is 0 Å². The summed E-state index contributed by atoms with van der Waals surface area (Å²) < 4.78 is 26.7. The molecule has 3 N–H and O–H groups in total. The number of benzene rings is 2. The molecular formula is C20H20F2N2O3. The van der Waals surface area contributed by atoms with Gasteiger partial charge in [0.25, 0.3) is 0 Å². The van der Waals surface area contributed by atoms with E-state index in [2.05, 4.69) is 10.6 Å². The number of rotatable bonds is 7. The normalized spacial score (nSPS) is 11.2. The van der Waals surface area contributed by atoms with E-state index in [-0.39, 0.29) is 12.0 Å². The van der Waals surface area contributed by atoms with E-state index in [9.17, 15) is 18.4 Å². The number of anilines is 2. The number of hydrogen-bond donors (Lipinski definition) is 3. The van der Waals surface area contributed by atoms with Crippen LogP contribution in [-0.4, -0.2) is 23.5 Å². The fourth-order valence-electron chi connectivity index (χ4n) is 2.54. The first kappa shape index (κ1) is 20.1. The van der Waals surface area contributed by atoms with Gasteiger partial charge in [0, 0.05) is 18.7 Å². The number of amides is 1. The monoisotopic (exact) mass is 374 g/mol. The lowest BCUT2D eigenvalue weighted by Crippen LogP contribution is -2.17. The van der Waals surface area contributed by atoms with Gasteiger partial charge in [0.2, 0.25) is 5.91 Å². The van der Waals surface area contributed by atoms with E-state index in [0.717, 1.165) is 18.2 Å². The Bertz CT molecular complexity index is 895. The number of carboxylic acids is 1. The topological polar surface area (TPSA) is 78.4 Å². The Labute approximate surface area is 155 Å². The van der Waals surface area contributed by atoms with Gasteiger partial charge in [-0.05, 0) is 48.7 Å². The summed E-state index contributed by atoms with van der Waals surface area (Å²) in [6.45, 7) is 4.15.